The summed E-state index contributed by atoms with van der Waals surface area (Å²) in [4.78, 5) is 7.28. The van der Waals surface area contributed by atoms with Gasteiger partial charge in [0.25, 0.3) is 0 Å². The molecule has 80 valence electrons. The summed E-state index contributed by atoms with van der Waals surface area (Å²) in [6.45, 7) is 6.26. The molecule has 0 radical (unpaired) electrons. The molecule has 4 heteroatoms. The van der Waals surface area contributed by atoms with Crippen LogP contribution in [-0.4, -0.2) is 14.2 Å². The van der Waals surface area contributed by atoms with Crippen molar-refractivity contribution in [1.82, 2.24) is 9.38 Å². The molecule has 2 heterocycles. The Hall–Kier alpha value is -0.610. The highest BCUT2D eigenvalue weighted by molar-refractivity contribution is 9.09. The molecular weight excluding hydrogens is 272 g/mol. The summed E-state index contributed by atoms with van der Waals surface area (Å²) in [5.41, 5.74) is 2.27. The van der Waals surface area contributed by atoms with Crippen LogP contribution in [-0.2, 0) is 0 Å². The molecule has 1 unspecified atom stereocenters. The lowest BCUT2D eigenvalue weighted by atomic mass is 10.3. The van der Waals surface area contributed by atoms with Gasteiger partial charge in [0.15, 0.2) is 4.96 Å². The second-order valence-electron chi connectivity index (χ2n) is 3.61. The van der Waals surface area contributed by atoms with Crippen LogP contribution in [0.3, 0.4) is 0 Å². The number of rotatable bonds is 2. The van der Waals surface area contributed by atoms with Crippen molar-refractivity contribution in [1.29, 1.82) is 0 Å². The van der Waals surface area contributed by atoms with E-state index in [0.29, 0.717) is 4.83 Å². The van der Waals surface area contributed by atoms with Crippen molar-refractivity contribution in [2.75, 3.05) is 0 Å². The SMILES string of the molecule is Cc1cn2c(/C=C/C(C)Br)c(C)nc2s1. The number of nitrogens with zero attached hydrogens (tertiary/aromatic N) is 2. The zero-order valence-electron chi connectivity index (χ0n) is 8.99. The van der Waals surface area contributed by atoms with Gasteiger partial charge in [0.2, 0.25) is 0 Å². The summed E-state index contributed by atoms with van der Waals surface area (Å²) in [6.07, 6.45) is 6.39. The fourth-order valence-electron chi connectivity index (χ4n) is 1.51. The first-order chi connectivity index (χ1) is 7.08. The molecule has 2 aromatic rings. The minimum absolute atomic E-state index is 0.391. The third kappa shape index (κ3) is 2.16. The van der Waals surface area contributed by atoms with E-state index in [0.717, 1.165) is 10.7 Å². The first-order valence-electron chi connectivity index (χ1n) is 4.85. The Morgan fingerprint density at radius 2 is 2.27 bits per heavy atom. The number of hydrogen-bond acceptors (Lipinski definition) is 2. The van der Waals surface area contributed by atoms with Crippen LogP contribution >= 0.6 is 27.3 Å². The Morgan fingerprint density at radius 1 is 1.53 bits per heavy atom. The molecule has 0 saturated carbocycles. The van der Waals surface area contributed by atoms with Crippen LogP contribution in [0.2, 0.25) is 0 Å². The lowest BCUT2D eigenvalue weighted by Gasteiger charge is -1.94. The minimum atomic E-state index is 0.391. The molecule has 0 aliphatic carbocycles. The summed E-state index contributed by atoms with van der Waals surface area (Å²) < 4.78 is 2.15. The lowest BCUT2D eigenvalue weighted by Crippen LogP contribution is -1.86. The molecule has 0 aliphatic rings. The van der Waals surface area contributed by atoms with Crippen molar-refractivity contribution >= 4 is 38.3 Å². The number of hydrogen-bond donors (Lipinski definition) is 0. The summed E-state index contributed by atoms with van der Waals surface area (Å²) >= 11 is 5.23. The molecule has 2 rings (SSSR count). The third-order valence-electron chi connectivity index (χ3n) is 2.18. The van der Waals surface area contributed by atoms with Crippen LogP contribution in [0.15, 0.2) is 12.3 Å². The summed E-state index contributed by atoms with van der Waals surface area (Å²) in [7, 11) is 0. The van der Waals surface area contributed by atoms with Gasteiger partial charge in [0.05, 0.1) is 11.4 Å². The monoisotopic (exact) mass is 284 g/mol. The Kier molecular flexibility index (Phi) is 2.98. The maximum Gasteiger partial charge on any atom is 0.194 e. The van der Waals surface area contributed by atoms with Gasteiger partial charge in [-0.2, -0.15) is 0 Å². The molecule has 0 saturated heterocycles. The van der Waals surface area contributed by atoms with Gasteiger partial charge in [-0.25, -0.2) is 4.98 Å². The van der Waals surface area contributed by atoms with Gasteiger partial charge in [0.1, 0.15) is 0 Å². The summed E-state index contributed by atoms with van der Waals surface area (Å²) in [6, 6.07) is 0. The van der Waals surface area contributed by atoms with Crippen molar-refractivity contribution in [3.8, 4) is 0 Å². The smallest absolute Gasteiger partial charge is 0.194 e. The van der Waals surface area contributed by atoms with Gasteiger partial charge < -0.3 is 0 Å². The predicted octanol–water partition coefficient (Wildman–Crippen LogP) is 3.81. The van der Waals surface area contributed by atoms with E-state index in [1.165, 1.54) is 10.6 Å². The average molecular weight is 285 g/mol. The Labute approximate surface area is 102 Å². The number of allylic oxidation sites excluding steroid dienone is 1. The number of fused-ring (bicyclic) bond motifs is 1. The number of imidazole rings is 1. The van der Waals surface area contributed by atoms with E-state index in [9.17, 15) is 0 Å². The average Bonchev–Trinajstić information content (AvgIpc) is 2.57. The van der Waals surface area contributed by atoms with Crippen LogP contribution in [0.25, 0.3) is 11.0 Å². The third-order valence-corrected chi connectivity index (χ3v) is 3.39. The molecule has 2 nitrogen and oxygen atoms in total. The highest BCUT2D eigenvalue weighted by Gasteiger charge is 2.08. The predicted molar refractivity (Wildman–Crippen MR) is 70.0 cm³/mol. The Morgan fingerprint density at radius 3 is 2.93 bits per heavy atom. The van der Waals surface area contributed by atoms with Crippen molar-refractivity contribution in [2.45, 2.75) is 25.6 Å². The highest BCUT2D eigenvalue weighted by Crippen LogP contribution is 2.21. The molecule has 0 fully saturated rings. The number of halogens is 1. The maximum atomic E-state index is 4.53. The highest BCUT2D eigenvalue weighted by atomic mass is 79.9. The van der Waals surface area contributed by atoms with Crippen molar-refractivity contribution in [3.63, 3.8) is 0 Å². The van der Waals surface area contributed by atoms with E-state index >= 15 is 0 Å². The molecule has 0 spiro atoms. The van der Waals surface area contributed by atoms with Crippen LogP contribution in [0, 0.1) is 13.8 Å². The minimum Gasteiger partial charge on any atom is -0.290 e. The quantitative estimate of drug-likeness (QED) is 0.767. The largest absolute Gasteiger partial charge is 0.290 e. The van der Waals surface area contributed by atoms with Crippen LogP contribution in [0.1, 0.15) is 23.2 Å². The summed E-state index contributed by atoms with van der Waals surface area (Å²) in [5.74, 6) is 0. The van der Waals surface area contributed by atoms with Crippen LogP contribution < -0.4 is 0 Å². The lowest BCUT2D eigenvalue weighted by molar-refractivity contribution is 1.17. The molecule has 0 aliphatic heterocycles. The number of aryl methyl sites for hydroxylation is 2. The van der Waals surface area contributed by atoms with Gasteiger partial charge in [-0.05, 0) is 26.8 Å². The van der Waals surface area contributed by atoms with Gasteiger partial charge in [-0.15, -0.1) is 11.3 Å². The topological polar surface area (TPSA) is 17.3 Å². The molecule has 0 bridgehead atoms. The van der Waals surface area contributed by atoms with Gasteiger partial charge in [-0.1, -0.05) is 22.0 Å². The number of alkyl halides is 1. The normalized spacial score (nSPS) is 14.1. The van der Waals surface area contributed by atoms with Gasteiger partial charge in [0, 0.05) is 15.9 Å². The Bertz CT molecular complexity index is 508. The molecule has 0 N–H and O–H groups in total. The maximum absolute atomic E-state index is 4.53. The second-order valence-corrected chi connectivity index (χ2v) is 6.27. The van der Waals surface area contributed by atoms with Crippen molar-refractivity contribution in [3.05, 3.63) is 28.5 Å². The molecular formula is C11H13BrN2S. The van der Waals surface area contributed by atoms with E-state index in [4.69, 9.17) is 0 Å². The fourth-order valence-corrected chi connectivity index (χ4v) is 2.54. The van der Waals surface area contributed by atoms with Gasteiger partial charge in [-0.3, -0.25) is 4.40 Å². The van der Waals surface area contributed by atoms with Crippen molar-refractivity contribution in [2.24, 2.45) is 0 Å². The van der Waals surface area contributed by atoms with E-state index in [1.807, 2.05) is 6.92 Å². The van der Waals surface area contributed by atoms with Crippen LogP contribution in [0.4, 0.5) is 0 Å². The van der Waals surface area contributed by atoms with Crippen molar-refractivity contribution < 1.29 is 0 Å². The van der Waals surface area contributed by atoms with E-state index in [2.05, 4.69) is 57.5 Å². The summed E-state index contributed by atoms with van der Waals surface area (Å²) in [5, 5.41) is 0. The Balaban J connectivity index is 2.52. The van der Waals surface area contributed by atoms with E-state index in [-0.39, 0.29) is 0 Å². The second kappa shape index (κ2) is 4.10. The molecule has 0 aromatic carbocycles. The van der Waals surface area contributed by atoms with E-state index in [1.54, 1.807) is 11.3 Å². The van der Waals surface area contributed by atoms with Crippen LogP contribution in [0.5, 0.6) is 0 Å². The molecule has 15 heavy (non-hydrogen) atoms. The number of aromatic nitrogens is 2. The first-order valence-corrected chi connectivity index (χ1v) is 6.58. The zero-order chi connectivity index (χ0) is 11.0. The van der Waals surface area contributed by atoms with Gasteiger partial charge >= 0.3 is 0 Å². The molecule has 0 amide bonds. The molecule has 2 aromatic heterocycles. The first kappa shape index (κ1) is 10.9. The molecule has 1 atom stereocenters. The zero-order valence-corrected chi connectivity index (χ0v) is 11.4. The number of thiazole rings is 1. The van der Waals surface area contributed by atoms with E-state index < -0.39 is 0 Å². The fraction of sp³-hybridized carbons (Fsp3) is 0.364. The standard InChI is InChI=1S/C11H13BrN2S/c1-7(12)4-5-10-9(3)13-11-14(10)6-8(2)15-11/h4-7H,1-3H3/b5-4+.